The third kappa shape index (κ3) is 4.81. The summed E-state index contributed by atoms with van der Waals surface area (Å²) in [6.45, 7) is -0.490. The molecule has 1 N–H and O–H groups in total. The second-order valence-electron chi connectivity index (χ2n) is 5.49. The van der Waals surface area contributed by atoms with Crippen LogP contribution < -0.4 is 10.1 Å². The Kier molecular flexibility index (Phi) is 6.51. The summed E-state index contributed by atoms with van der Waals surface area (Å²) in [6.07, 6.45) is 0. The molecule has 0 aliphatic heterocycles. The lowest BCUT2D eigenvalue weighted by Crippen LogP contribution is -2.21. The second-order valence-corrected chi connectivity index (χ2v) is 7.16. The number of aromatic nitrogens is 1. The van der Waals surface area contributed by atoms with Crippen LogP contribution in [0.5, 0.6) is 5.75 Å². The number of benzene rings is 2. The van der Waals surface area contributed by atoms with Gasteiger partial charge in [0.1, 0.15) is 10.8 Å². The van der Waals surface area contributed by atoms with E-state index in [1.165, 1.54) is 11.3 Å². The van der Waals surface area contributed by atoms with E-state index in [-0.39, 0.29) is 21.4 Å². The lowest BCUT2D eigenvalue weighted by molar-refractivity contribution is -0.119. The predicted octanol–water partition coefficient (Wildman–Crippen LogP) is 4.92. The Morgan fingerprint density at radius 1 is 1.11 bits per heavy atom. The number of carbonyl (C=O) groups excluding carboxylic acids is 2. The SMILES string of the molecule is COc1ccc(-c2nc(C(=O)OCC(=O)Nc3c(Cl)cccc3Cl)cs2)cc1. The fourth-order valence-corrected chi connectivity index (χ4v) is 3.52. The Morgan fingerprint density at radius 2 is 1.79 bits per heavy atom. The van der Waals surface area contributed by atoms with E-state index in [9.17, 15) is 9.59 Å². The molecule has 0 aliphatic rings. The second kappa shape index (κ2) is 9.05. The first-order valence-electron chi connectivity index (χ1n) is 7.99. The van der Waals surface area contributed by atoms with E-state index >= 15 is 0 Å². The molecule has 1 aromatic heterocycles. The van der Waals surface area contributed by atoms with Gasteiger partial charge in [-0.2, -0.15) is 0 Å². The normalized spacial score (nSPS) is 10.4. The number of nitrogens with one attached hydrogen (secondary N) is 1. The Balaban J connectivity index is 1.59. The highest BCUT2D eigenvalue weighted by atomic mass is 35.5. The van der Waals surface area contributed by atoms with Crippen LogP contribution in [0.25, 0.3) is 10.6 Å². The van der Waals surface area contributed by atoms with E-state index in [0.717, 1.165) is 11.3 Å². The summed E-state index contributed by atoms with van der Waals surface area (Å²) in [5.41, 5.74) is 1.23. The Morgan fingerprint density at radius 3 is 2.43 bits per heavy atom. The van der Waals surface area contributed by atoms with E-state index in [4.69, 9.17) is 32.7 Å². The van der Waals surface area contributed by atoms with E-state index < -0.39 is 18.5 Å². The quantitative estimate of drug-likeness (QED) is 0.554. The number of esters is 1. The molecule has 3 aromatic rings. The maximum absolute atomic E-state index is 12.2. The number of methoxy groups -OCH3 is 1. The summed E-state index contributed by atoms with van der Waals surface area (Å²) in [5.74, 6) is -0.532. The molecule has 28 heavy (non-hydrogen) atoms. The number of thiazole rings is 1. The van der Waals surface area contributed by atoms with Gasteiger partial charge in [-0.25, -0.2) is 9.78 Å². The van der Waals surface area contributed by atoms with E-state index in [1.54, 1.807) is 42.8 Å². The Labute approximate surface area is 175 Å². The molecule has 9 heteroatoms. The molecule has 144 valence electrons. The van der Waals surface area contributed by atoms with Gasteiger partial charge in [-0.3, -0.25) is 4.79 Å². The molecule has 1 amide bonds. The van der Waals surface area contributed by atoms with Gasteiger partial charge in [0, 0.05) is 10.9 Å². The molecule has 0 unspecified atom stereocenters. The molecule has 0 fully saturated rings. The highest BCUT2D eigenvalue weighted by Gasteiger charge is 2.16. The van der Waals surface area contributed by atoms with Crippen molar-refractivity contribution < 1.29 is 19.1 Å². The van der Waals surface area contributed by atoms with Crippen LogP contribution in [0.15, 0.2) is 47.8 Å². The first-order chi connectivity index (χ1) is 13.5. The smallest absolute Gasteiger partial charge is 0.358 e. The van der Waals surface area contributed by atoms with Gasteiger partial charge in [0.2, 0.25) is 0 Å². The minimum Gasteiger partial charge on any atom is -0.497 e. The Bertz CT molecular complexity index is 985. The number of nitrogens with zero attached hydrogens (tertiary/aromatic N) is 1. The lowest BCUT2D eigenvalue weighted by Gasteiger charge is -2.09. The van der Waals surface area contributed by atoms with Gasteiger partial charge in [0.15, 0.2) is 12.3 Å². The first-order valence-corrected chi connectivity index (χ1v) is 9.62. The third-order valence-corrected chi connectivity index (χ3v) is 5.13. The molecule has 2 aromatic carbocycles. The number of anilines is 1. The molecule has 6 nitrogen and oxygen atoms in total. The standard InChI is InChI=1S/C19H14Cl2N2O4S/c1-26-12-7-5-11(6-8-12)18-22-15(10-28-18)19(25)27-9-16(24)23-17-13(20)3-2-4-14(17)21/h2-8,10H,9H2,1H3,(H,23,24). The largest absolute Gasteiger partial charge is 0.497 e. The van der Waals surface area contributed by atoms with Crippen LogP contribution in [0.1, 0.15) is 10.5 Å². The van der Waals surface area contributed by atoms with Crippen LogP contribution in [-0.2, 0) is 9.53 Å². The average molecular weight is 437 g/mol. The van der Waals surface area contributed by atoms with Crippen LogP contribution in [0, 0.1) is 0 Å². The zero-order chi connectivity index (χ0) is 20.1. The average Bonchev–Trinajstić information content (AvgIpc) is 3.19. The third-order valence-electron chi connectivity index (χ3n) is 3.61. The predicted molar refractivity (Wildman–Crippen MR) is 109 cm³/mol. The molecule has 3 rings (SSSR count). The molecule has 0 bridgehead atoms. The molecular weight excluding hydrogens is 423 g/mol. The van der Waals surface area contributed by atoms with E-state index in [0.29, 0.717) is 5.01 Å². The first kappa shape index (κ1) is 20.1. The van der Waals surface area contributed by atoms with Crippen molar-refractivity contribution in [2.24, 2.45) is 0 Å². The van der Waals surface area contributed by atoms with Crippen LogP contribution in [0.4, 0.5) is 5.69 Å². The van der Waals surface area contributed by atoms with E-state index in [2.05, 4.69) is 10.3 Å². The van der Waals surface area contributed by atoms with E-state index in [1.807, 2.05) is 12.1 Å². The van der Waals surface area contributed by atoms with Crippen molar-refractivity contribution in [3.05, 3.63) is 63.6 Å². The zero-order valence-electron chi connectivity index (χ0n) is 14.6. The number of para-hydroxylation sites is 1. The van der Waals surface area contributed by atoms with Crippen LogP contribution in [0.2, 0.25) is 10.0 Å². The van der Waals surface area contributed by atoms with Gasteiger partial charge < -0.3 is 14.8 Å². The molecule has 0 spiro atoms. The maximum atomic E-state index is 12.2. The summed E-state index contributed by atoms with van der Waals surface area (Å²) >= 11 is 13.3. The summed E-state index contributed by atoms with van der Waals surface area (Å²) in [6, 6.07) is 12.1. The maximum Gasteiger partial charge on any atom is 0.358 e. The highest BCUT2D eigenvalue weighted by molar-refractivity contribution is 7.13. The van der Waals surface area contributed by atoms with Crippen molar-refractivity contribution in [1.29, 1.82) is 0 Å². The number of ether oxygens (including phenoxy) is 2. The van der Waals surface area contributed by atoms with Crippen molar-refractivity contribution in [3.63, 3.8) is 0 Å². The molecule has 1 heterocycles. The van der Waals surface area contributed by atoms with Crippen molar-refractivity contribution in [2.75, 3.05) is 19.0 Å². The summed E-state index contributed by atoms with van der Waals surface area (Å²) in [4.78, 5) is 28.4. The minimum atomic E-state index is -0.698. The number of carbonyl (C=O) groups is 2. The van der Waals surface area contributed by atoms with Crippen LogP contribution >= 0.6 is 34.5 Å². The molecule has 0 atom stereocenters. The van der Waals surface area contributed by atoms with Crippen LogP contribution in [-0.4, -0.2) is 30.6 Å². The van der Waals surface area contributed by atoms with Crippen LogP contribution in [0.3, 0.4) is 0 Å². The number of hydrogen-bond donors (Lipinski definition) is 1. The zero-order valence-corrected chi connectivity index (χ0v) is 16.9. The molecular formula is C19H14Cl2N2O4S. The van der Waals surface area contributed by atoms with Crippen molar-refractivity contribution in [1.82, 2.24) is 4.98 Å². The number of halogens is 2. The summed E-state index contributed by atoms with van der Waals surface area (Å²) in [7, 11) is 1.59. The molecule has 0 aliphatic carbocycles. The lowest BCUT2D eigenvalue weighted by atomic mass is 10.2. The van der Waals surface area contributed by atoms with Crippen molar-refractivity contribution >= 4 is 52.1 Å². The monoisotopic (exact) mass is 436 g/mol. The Hall–Kier alpha value is -2.61. The van der Waals surface area contributed by atoms with Crippen molar-refractivity contribution in [3.8, 4) is 16.3 Å². The van der Waals surface area contributed by atoms with Gasteiger partial charge in [-0.15, -0.1) is 11.3 Å². The van der Waals surface area contributed by atoms with Gasteiger partial charge in [0.05, 0.1) is 22.8 Å². The van der Waals surface area contributed by atoms with Gasteiger partial charge in [-0.05, 0) is 36.4 Å². The van der Waals surface area contributed by atoms with Crippen molar-refractivity contribution in [2.45, 2.75) is 0 Å². The minimum absolute atomic E-state index is 0.124. The van der Waals surface area contributed by atoms with Gasteiger partial charge in [0.25, 0.3) is 5.91 Å². The van der Waals surface area contributed by atoms with Gasteiger partial charge in [-0.1, -0.05) is 29.3 Å². The molecule has 0 saturated heterocycles. The molecule has 0 radical (unpaired) electrons. The summed E-state index contributed by atoms with van der Waals surface area (Å²) in [5, 5.41) is 5.32. The number of hydrogen-bond acceptors (Lipinski definition) is 6. The number of amides is 1. The fourth-order valence-electron chi connectivity index (χ4n) is 2.23. The summed E-state index contributed by atoms with van der Waals surface area (Å²) < 4.78 is 10.1. The molecule has 0 saturated carbocycles. The number of rotatable bonds is 6. The van der Waals surface area contributed by atoms with Gasteiger partial charge >= 0.3 is 5.97 Å². The topological polar surface area (TPSA) is 77.5 Å². The fraction of sp³-hybridized carbons (Fsp3) is 0.105. The highest BCUT2D eigenvalue weighted by Crippen LogP contribution is 2.30.